The molecule has 1 aromatic carbocycles. The number of hydrogen-bond acceptors (Lipinski definition) is 2. The zero-order chi connectivity index (χ0) is 11.7. The molecular formula is C10H7Cl3N2O. The van der Waals surface area contributed by atoms with Crippen LogP contribution in [0.5, 0.6) is 0 Å². The van der Waals surface area contributed by atoms with Crippen LogP contribution < -0.4 is 0 Å². The second kappa shape index (κ2) is 4.63. The average molecular weight is 278 g/mol. The molecule has 2 rings (SSSR count). The summed E-state index contributed by atoms with van der Waals surface area (Å²) in [5, 5.41) is 14.3. The van der Waals surface area contributed by atoms with E-state index in [1.807, 2.05) is 0 Å². The number of nitrogens with zero attached hydrogens (tertiary/aromatic N) is 2. The van der Waals surface area contributed by atoms with Gasteiger partial charge in [-0.15, -0.1) is 0 Å². The molecule has 0 aliphatic heterocycles. The van der Waals surface area contributed by atoms with Crippen molar-refractivity contribution < 1.29 is 5.11 Å². The Morgan fingerprint density at radius 3 is 2.44 bits per heavy atom. The average Bonchev–Trinajstić information content (AvgIpc) is 2.71. The molecule has 6 heteroatoms. The van der Waals surface area contributed by atoms with E-state index in [0.717, 1.165) is 0 Å². The summed E-state index contributed by atoms with van der Waals surface area (Å²) < 4.78 is 1.54. The zero-order valence-corrected chi connectivity index (χ0v) is 10.3. The van der Waals surface area contributed by atoms with Gasteiger partial charge in [-0.25, -0.2) is 4.68 Å². The van der Waals surface area contributed by atoms with Crippen LogP contribution in [0.25, 0.3) is 5.69 Å². The van der Waals surface area contributed by atoms with Crippen LogP contribution in [0.4, 0.5) is 0 Å². The molecule has 1 N–H and O–H groups in total. The first kappa shape index (κ1) is 11.7. The Morgan fingerprint density at radius 2 is 1.81 bits per heavy atom. The molecule has 0 amide bonds. The van der Waals surface area contributed by atoms with Crippen molar-refractivity contribution in [1.29, 1.82) is 0 Å². The van der Waals surface area contributed by atoms with Gasteiger partial charge in [-0.05, 0) is 18.2 Å². The minimum atomic E-state index is -0.119. The molecule has 0 fully saturated rings. The SMILES string of the molecule is OCc1ccn(-c2cc(Cl)c(Cl)cc2Cl)n1. The van der Waals surface area contributed by atoms with Gasteiger partial charge in [0.05, 0.1) is 33.1 Å². The summed E-state index contributed by atoms with van der Waals surface area (Å²) in [5.41, 5.74) is 1.18. The summed E-state index contributed by atoms with van der Waals surface area (Å²) in [7, 11) is 0. The number of hydrogen-bond donors (Lipinski definition) is 1. The van der Waals surface area contributed by atoms with Crippen LogP contribution in [0.1, 0.15) is 5.69 Å². The molecule has 1 heterocycles. The van der Waals surface area contributed by atoms with Crippen LogP contribution in [-0.4, -0.2) is 14.9 Å². The fraction of sp³-hybridized carbons (Fsp3) is 0.100. The van der Waals surface area contributed by atoms with Gasteiger partial charge in [0.15, 0.2) is 0 Å². The highest BCUT2D eigenvalue weighted by Gasteiger charge is 2.08. The fourth-order valence-electron chi connectivity index (χ4n) is 1.27. The van der Waals surface area contributed by atoms with Gasteiger partial charge in [0.1, 0.15) is 0 Å². The van der Waals surface area contributed by atoms with Gasteiger partial charge in [-0.1, -0.05) is 34.8 Å². The van der Waals surface area contributed by atoms with Crippen LogP contribution in [0, 0.1) is 0 Å². The zero-order valence-electron chi connectivity index (χ0n) is 7.99. The smallest absolute Gasteiger partial charge is 0.0883 e. The molecule has 16 heavy (non-hydrogen) atoms. The van der Waals surface area contributed by atoms with E-state index in [4.69, 9.17) is 39.9 Å². The van der Waals surface area contributed by atoms with Gasteiger partial charge in [-0.3, -0.25) is 0 Å². The molecule has 84 valence electrons. The van der Waals surface area contributed by atoms with Crippen LogP contribution in [0.2, 0.25) is 15.1 Å². The first-order chi connectivity index (χ1) is 7.61. The van der Waals surface area contributed by atoms with Crippen molar-refractivity contribution >= 4 is 34.8 Å². The molecule has 2 aromatic rings. The first-order valence-corrected chi connectivity index (χ1v) is 5.55. The van der Waals surface area contributed by atoms with Gasteiger partial charge in [-0.2, -0.15) is 5.10 Å². The quantitative estimate of drug-likeness (QED) is 0.855. The number of aliphatic hydroxyl groups excluding tert-OH is 1. The Kier molecular flexibility index (Phi) is 3.40. The van der Waals surface area contributed by atoms with Crippen LogP contribution in [0.15, 0.2) is 24.4 Å². The third-order valence-electron chi connectivity index (χ3n) is 2.04. The Morgan fingerprint density at radius 1 is 1.12 bits per heavy atom. The Bertz CT molecular complexity index is 525. The summed E-state index contributed by atoms with van der Waals surface area (Å²) in [4.78, 5) is 0. The summed E-state index contributed by atoms with van der Waals surface area (Å²) >= 11 is 17.7. The van der Waals surface area contributed by atoms with Crippen molar-refractivity contribution in [2.45, 2.75) is 6.61 Å². The van der Waals surface area contributed by atoms with E-state index in [9.17, 15) is 0 Å². The highest BCUT2D eigenvalue weighted by Crippen LogP contribution is 2.30. The second-order valence-corrected chi connectivity index (χ2v) is 4.35. The first-order valence-electron chi connectivity index (χ1n) is 4.42. The lowest BCUT2D eigenvalue weighted by Crippen LogP contribution is -1.97. The van der Waals surface area contributed by atoms with Gasteiger partial charge in [0, 0.05) is 6.20 Å². The maximum Gasteiger partial charge on any atom is 0.0883 e. The van der Waals surface area contributed by atoms with Crippen molar-refractivity contribution in [3.63, 3.8) is 0 Å². The molecule has 3 nitrogen and oxygen atoms in total. The summed E-state index contributed by atoms with van der Waals surface area (Å²) in [6.45, 7) is -0.119. The third kappa shape index (κ3) is 2.18. The predicted octanol–water partition coefficient (Wildman–Crippen LogP) is 3.32. The number of aliphatic hydroxyl groups is 1. The van der Waals surface area contributed by atoms with Gasteiger partial charge < -0.3 is 5.11 Å². The minimum Gasteiger partial charge on any atom is -0.390 e. The Hall–Kier alpha value is -0.740. The maximum absolute atomic E-state index is 8.91. The van der Waals surface area contributed by atoms with Crippen molar-refractivity contribution in [2.24, 2.45) is 0 Å². The van der Waals surface area contributed by atoms with Gasteiger partial charge in [0.25, 0.3) is 0 Å². The molecular weight excluding hydrogens is 270 g/mol. The van der Waals surface area contributed by atoms with E-state index in [2.05, 4.69) is 5.10 Å². The van der Waals surface area contributed by atoms with E-state index in [1.165, 1.54) is 4.68 Å². The van der Waals surface area contributed by atoms with Crippen LogP contribution in [-0.2, 0) is 6.61 Å². The molecule has 1 aromatic heterocycles. The third-order valence-corrected chi connectivity index (χ3v) is 3.07. The van der Waals surface area contributed by atoms with E-state index < -0.39 is 0 Å². The van der Waals surface area contributed by atoms with Crippen molar-refractivity contribution in [3.8, 4) is 5.69 Å². The van der Waals surface area contributed by atoms with Crippen LogP contribution >= 0.6 is 34.8 Å². The second-order valence-electron chi connectivity index (χ2n) is 3.13. The minimum absolute atomic E-state index is 0.119. The topological polar surface area (TPSA) is 38.0 Å². The van der Waals surface area contributed by atoms with E-state index in [0.29, 0.717) is 26.4 Å². The molecule has 0 aliphatic carbocycles. The van der Waals surface area contributed by atoms with Crippen molar-refractivity contribution in [1.82, 2.24) is 9.78 Å². The number of rotatable bonds is 2. The Balaban J connectivity index is 2.51. The molecule has 0 spiro atoms. The van der Waals surface area contributed by atoms with E-state index in [-0.39, 0.29) is 6.61 Å². The molecule has 0 saturated carbocycles. The highest BCUT2D eigenvalue weighted by molar-refractivity contribution is 6.43. The lowest BCUT2D eigenvalue weighted by Gasteiger charge is -2.06. The molecule has 0 saturated heterocycles. The summed E-state index contributed by atoms with van der Waals surface area (Å²) in [6.07, 6.45) is 1.69. The largest absolute Gasteiger partial charge is 0.390 e. The fourth-order valence-corrected chi connectivity index (χ4v) is 1.90. The predicted molar refractivity (Wildman–Crippen MR) is 64.5 cm³/mol. The lowest BCUT2D eigenvalue weighted by atomic mass is 10.3. The number of halogens is 3. The monoisotopic (exact) mass is 276 g/mol. The van der Waals surface area contributed by atoms with Crippen molar-refractivity contribution in [2.75, 3.05) is 0 Å². The van der Waals surface area contributed by atoms with Gasteiger partial charge >= 0.3 is 0 Å². The molecule has 0 atom stereocenters. The highest BCUT2D eigenvalue weighted by atomic mass is 35.5. The lowest BCUT2D eigenvalue weighted by molar-refractivity contribution is 0.276. The number of aromatic nitrogens is 2. The normalized spacial score (nSPS) is 10.8. The van der Waals surface area contributed by atoms with Crippen molar-refractivity contribution in [3.05, 3.63) is 45.2 Å². The molecule has 0 bridgehead atoms. The van der Waals surface area contributed by atoms with Gasteiger partial charge in [0.2, 0.25) is 0 Å². The van der Waals surface area contributed by atoms with E-state index >= 15 is 0 Å². The summed E-state index contributed by atoms with van der Waals surface area (Å²) in [6, 6.07) is 4.88. The standard InChI is InChI=1S/C10H7Cl3N2O/c11-7-3-9(13)10(4-8(7)12)15-2-1-6(5-16)14-15/h1-4,16H,5H2. The molecule has 0 aliphatic rings. The molecule has 0 radical (unpaired) electrons. The summed E-state index contributed by atoms with van der Waals surface area (Å²) in [5.74, 6) is 0. The van der Waals surface area contributed by atoms with Crippen LogP contribution in [0.3, 0.4) is 0 Å². The molecule has 0 unspecified atom stereocenters. The number of benzene rings is 1. The van der Waals surface area contributed by atoms with E-state index in [1.54, 1.807) is 24.4 Å². The maximum atomic E-state index is 8.91. The Labute approximate surface area is 107 Å².